The van der Waals surface area contributed by atoms with Crippen molar-refractivity contribution in [3.8, 4) is 6.01 Å². The molecule has 3 fully saturated rings. The number of halogens is 1. The second kappa shape index (κ2) is 13.0. The predicted molar refractivity (Wildman–Crippen MR) is 183 cm³/mol. The average molecular weight is 659 g/mol. The van der Waals surface area contributed by atoms with Gasteiger partial charge in [0.1, 0.15) is 12.4 Å². The van der Waals surface area contributed by atoms with Crippen molar-refractivity contribution in [1.82, 2.24) is 19.8 Å². The van der Waals surface area contributed by atoms with E-state index in [-0.39, 0.29) is 23.5 Å². The number of fused-ring (bicyclic) bond motifs is 3. The first-order valence-electron chi connectivity index (χ1n) is 16.8. The van der Waals surface area contributed by atoms with Gasteiger partial charge in [0, 0.05) is 61.0 Å². The summed E-state index contributed by atoms with van der Waals surface area (Å²) in [5.41, 5.74) is 3.25. The lowest BCUT2D eigenvalue weighted by atomic mass is 9.95. The molecule has 0 unspecified atom stereocenters. The number of benzene rings is 2. The molecule has 3 saturated heterocycles. The van der Waals surface area contributed by atoms with E-state index < -0.39 is 5.97 Å². The summed E-state index contributed by atoms with van der Waals surface area (Å²) in [5.74, 6) is 0.120. The second-order valence-corrected chi connectivity index (χ2v) is 13.9. The first kappa shape index (κ1) is 31.7. The second-order valence-electron chi connectivity index (χ2n) is 13.4. The summed E-state index contributed by atoms with van der Waals surface area (Å²) in [6.45, 7) is 6.83. The number of hydrogen-bond donors (Lipinski definition) is 0. The highest BCUT2D eigenvalue weighted by Gasteiger charge is 2.45. The van der Waals surface area contributed by atoms with Gasteiger partial charge in [-0.25, -0.2) is 4.79 Å². The zero-order valence-corrected chi connectivity index (χ0v) is 28.2. The fourth-order valence-electron chi connectivity index (χ4n) is 8.22. The van der Waals surface area contributed by atoms with Crippen LogP contribution in [0.2, 0.25) is 5.02 Å². The van der Waals surface area contributed by atoms with Gasteiger partial charge in [0.15, 0.2) is 0 Å². The van der Waals surface area contributed by atoms with Crippen LogP contribution in [0.1, 0.15) is 50.3 Å². The van der Waals surface area contributed by atoms with Crippen LogP contribution < -0.4 is 14.5 Å². The maximum absolute atomic E-state index is 13.0. The highest BCUT2D eigenvalue weighted by molar-refractivity contribution is 6.36. The third kappa shape index (κ3) is 6.02. The minimum atomic E-state index is -0.545. The average Bonchev–Trinajstić information content (AvgIpc) is 3.79. The number of esters is 1. The molecule has 5 heterocycles. The van der Waals surface area contributed by atoms with Crippen LogP contribution in [0, 0.1) is 0 Å². The van der Waals surface area contributed by atoms with Gasteiger partial charge in [0.2, 0.25) is 5.91 Å². The highest BCUT2D eigenvalue weighted by atomic mass is 35.5. The molecule has 0 aliphatic carbocycles. The minimum Gasteiger partial charge on any atom is -0.466 e. The monoisotopic (exact) mass is 658 g/mol. The molecule has 7 rings (SSSR count). The maximum atomic E-state index is 13.0. The molecule has 0 saturated carbocycles. The molecule has 2 atom stereocenters. The van der Waals surface area contributed by atoms with E-state index in [4.69, 9.17) is 26.3 Å². The zero-order chi connectivity index (χ0) is 32.7. The van der Waals surface area contributed by atoms with Crippen LogP contribution in [0.4, 0.5) is 11.5 Å². The number of nitrogens with zero attached hydrogens (tertiary/aromatic N) is 6. The molecule has 2 aromatic carbocycles. The Hall–Kier alpha value is -3.89. The van der Waals surface area contributed by atoms with Crippen LogP contribution in [-0.2, 0) is 27.3 Å². The molecule has 0 bridgehead atoms. The van der Waals surface area contributed by atoms with E-state index >= 15 is 0 Å². The smallest absolute Gasteiger partial charge is 0.330 e. The van der Waals surface area contributed by atoms with Gasteiger partial charge >= 0.3 is 12.0 Å². The molecule has 0 spiro atoms. The Kier molecular flexibility index (Phi) is 8.74. The number of carbonyl (C=O) groups excluding carboxylic acids is 2. The Balaban J connectivity index is 1.19. The molecular formula is C36H43ClN6O4. The van der Waals surface area contributed by atoms with Gasteiger partial charge in [-0.15, -0.1) is 0 Å². The van der Waals surface area contributed by atoms with Gasteiger partial charge in [-0.3, -0.25) is 9.69 Å². The van der Waals surface area contributed by atoms with Gasteiger partial charge in [-0.1, -0.05) is 35.9 Å². The summed E-state index contributed by atoms with van der Waals surface area (Å²) in [4.78, 5) is 43.7. The van der Waals surface area contributed by atoms with Crippen LogP contribution in [0.15, 0.2) is 48.6 Å². The lowest BCUT2D eigenvalue weighted by molar-refractivity contribution is -0.135. The van der Waals surface area contributed by atoms with Crippen molar-refractivity contribution in [2.75, 3.05) is 56.7 Å². The molecule has 1 amide bonds. The van der Waals surface area contributed by atoms with Crippen LogP contribution in [0.5, 0.6) is 6.01 Å². The van der Waals surface area contributed by atoms with Gasteiger partial charge in [-0.2, -0.15) is 9.97 Å². The third-order valence-corrected chi connectivity index (χ3v) is 11.1. The fraction of sp³-hybridized carbons (Fsp3) is 0.500. The Morgan fingerprint density at radius 2 is 1.85 bits per heavy atom. The largest absolute Gasteiger partial charge is 0.466 e. The van der Waals surface area contributed by atoms with E-state index in [1.165, 1.54) is 32.1 Å². The number of likely N-dealkylation sites (tertiary alicyclic amines) is 1. The number of carbonyl (C=O) groups is 2. The standard InChI is InChI=1S/C36H43ClN6O4/c1-24-20-26(21-43(24)31(44)12-13-32(45)46-3)40(2)34-27-14-19-41(30-11-5-9-25-8-4-10-28(37)33(25)30)22-29(27)38-35(39-34)47-23-36-15-6-17-42(36)18-7-16-36/h4-5,8-13,24,26H,6-7,14-23H2,1-3H3/b13-12+/t24-,26+/m0/s1. The van der Waals surface area contributed by atoms with Crippen molar-refractivity contribution in [3.05, 3.63) is 64.8 Å². The molecule has 1 aromatic heterocycles. The summed E-state index contributed by atoms with van der Waals surface area (Å²) >= 11 is 6.74. The molecule has 0 N–H and O–H groups in total. The van der Waals surface area contributed by atoms with E-state index in [2.05, 4.69) is 50.7 Å². The molecule has 11 heteroatoms. The normalized spacial score (nSPS) is 22.1. The first-order chi connectivity index (χ1) is 22.8. The quantitative estimate of drug-likeness (QED) is 0.245. The summed E-state index contributed by atoms with van der Waals surface area (Å²) in [7, 11) is 3.36. The molecule has 10 nitrogen and oxygen atoms in total. The fourth-order valence-corrected chi connectivity index (χ4v) is 8.50. The lowest BCUT2D eigenvalue weighted by Crippen LogP contribution is -2.44. The van der Waals surface area contributed by atoms with Crippen molar-refractivity contribution in [2.45, 2.75) is 69.6 Å². The van der Waals surface area contributed by atoms with Crippen molar-refractivity contribution in [2.24, 2.45) is 0 Å². The summed E-state index contributed by atoms with van der Waals surface area (Å²) < 4.78 is 11.2. The lowest BCUT2D eigenvalue weighted by Gasteiger charge is -2.35. The molecule has 47 heavy (non-hydrogen) atoms. The minimum absolute atomic E-state index is 0.00653. The van der Waals surface area contributed by atoms with Crippen molar-refractivity contribution < 1.29 is 19.1 Å². The van der Waals surface area contributed by atoms with Gasteiger partial charge < -0.3 is 24.2 Å². The van der Waals surface area contributed by atoms with E-state index in [0.717, 1.165) is 83.9 Å². The van der Waals surface area contributed by atoms with Crippen molar-refractivity contribution in [3.63, 3.8) is 0 Å². The van der Waals surface area contributed by atoms with Gasteiger partial charge in [0.25, 0.3) is 0 Å². The van der Waals surface area contributed by atoms with Gasteiger partial charge in [-0.05, 0) is 76.1 Å². The third-order valence-electron chi connectivity index (χ3n) is 10.8. The molecule has 248 valence electrons. The molecule has 3 aromatic rings. The molecule has 4 aliphatic heterocycles. The zero-order valence-electron chi connectivity index (χ0n) is 27.5. The van der Waals surface area contributed by atoms with E-state index in [1.54, 1.807) is 0 Å². The number of anilines is 2. The van der Waals surface area contributed by atoms with Crippen molar-refractivity contribution >= 4 is 45.8 Å². The summed E-state index contributed by atoms with van der Waals surface area (Å²) in [5, 5.41) is 2.90. The van der Waals surface area contributed by atoms with E-state index in [0.29, 0.717) is 25.7 Å². The van der Waals surface area contributed by atoms with E-state index in [9.17, 15) is 9.59 Å². The number of methoxy groups -OCH3 is 1. The Morgan fingerprint density at radius 3 is 2.62 bits per heavy atom. The van der Waals surface area contributed by atoms with Crippen LogP contribution >= 0.6 is 11.6 Å². The molecule has 4 aliphatic rings. The topological polar surface area (TPSA) is 91.3 Å². The van der Waals surface area contributed by atoms with Crippen LogP contribution in [0.3, 0.4) is 0 Å². The van der Waals surface area contributed by atoms with Crippen molar-refractivity contribution in [1.29, 1.82) is 0 Å². The molecular weight excluding hydrogens is 616 g/mol. The number of amides is 1. The van der Waals surface area contributed by atoms with Gasteiger partial charge in [0.05, 0.1) is 29.9 Å². The van der Waals surface area contributed by atoms with E-state index in [1.807, 2.05) is 24.0 Å². The summed E-state index contributed by atoms with van der Waals surface area (Å²) in [6, 6.07) is 12.8. The summed E-state index contributed by atoms with van der Waals surface area (Å²) in [6.07, 6.45) is 8.72. The number of rotatable bonds is 8. The van der Waals surface area contributed by atoms with Crippen LogP contribution in [-0.4, -0.2) is 96.2 Å². The number of ether oxygens (including phenoxy) is 2. The number of hydrogen-bond acceptors (Lipinski definition) is 9. The number of aromatic nitrogens is 2. The first-order valence-corrected chi connectivity index (χ1v) is 17.1. The predicted octanol–water partition coefficient (Wildman–Crippen LogP) is 5.01. The Bertz CT molecular complexity index is 1700. The Labute approximate surface area is 281 Å². The maximum Gasteiger partial charge on any atom is 0.330 e. The highest BCUT2D eigenvalue weighted by Crippen LogP contribution is 2.40. The Morgan fingerprint density at radius 1 is 1.09 bits per heavy atom. The van der Waals surface area contributed by atoms with Crippen LogP contribution in [0.25, 0.3) is 10.8 Å². The molecule has 0 radical (unpaired) electrons. The number of likely N-dealkylation sites (N-methyl/N-ethyl adjacent to an activating group) is 1. The SMILES string of the molecule is COC(=O)/C=C/C(=O)N1C[C@H](N(C)c2nc(OCC34CCCN3CCC4)nc3c2CCN(c2cccc4cccc(Cl)c24)C3)C[C@@H]1C.